The molecule has 124 valence electrons. The van der Waals surface area contributed by atoms with Crippen LogP contribution in [0.1, 0.15) is 0 Å². The molecule has 0 saturated carbocycles. The average molecular weight is 337 g/mol. The lowest BCUT2D eigenvalue weighted by Crippen LogP contribution is -1.94. The van der Waals surface area contributed by atoms with Crippen molar-refractivity contribution in [3.63, 3.8) is 0 Å². The van der Waals surface area contributed by atoms with Gasteiger partial charge in [-0.05, 0) is 35.5 Å². The summed E-state index contributed by atoms with van der Waals surface area (Å²) in [5.41, 5.74) is 3.26. The molecule has 0 fully saturated rings. The van der Waals surface area contributed by atoms with Crippen LogP contribution in [-0.4, -0.2) is 40.3 Å². The smallest absolute Gasteiger partial charge is 0.204 e. The minimum Gasteiger partial charge on any atom is -0.505 e. The molecule has 3 heterocycles. The fraction of sp³-hybridized carbons (Fsp3) is 0.0625. The van der Waals surface area contributed by atoms with Crippen LogP contribution < -0.4 is 0 Å². The number of H-pyrrole nitrogens is 1. The van der Waals surface area contributed by atoms with Crippen LogP contribution in [0.3, 0.4) is 0 Å². The van der Waals surface area contributed by atoms with E-state index in [9.17, 15) is 9.50 Å². The van der Waals surface area contributed by atoms with Gasteiger partial charge in [-0.2, -0.15) is 5.21 Å². The lowest BCUT2D eigenvalue weighted by Gasteiger charge is -2.08. The number of rotatable bonds is 3. The van der Waals surface area contributed by atoms with Gasteiger partial charge in [0.2, 0.25) is 5.82 Å². The van der Waals surface area contributed by atoms with Gasteiger partial charge in [-0.25, -0.2) is 9.37 Å². The first-order chi connectivity index (χ1) is 12.1. The Hall–Kier alpha value is -3.62. The lowest BCUT2D eigenvalue weighted by atomic mass is 10.1. The molecule has 1 aromatic carbocycles. The molecule has 9 heteroatoms. The summed E-state index contributed by atoms with van der Waals surface area (Å²) in [6, 6.07) is 7.71. The molecule has 0 bridgehead atoms. The lowest BCUT2D eigenvalue weighted by molar-refractivity contribution is 0.432. The number of pyridine rings is 1. The first kappa shape index (κ1) is 14.9. The Morgan fingerprint density at radius 1 is 1.12 bits per heavy atom. The molecule has 2 N–H and O–H groups in total. The van der Waals surface area contributed by atoms with Gasteiger partial charge in [-0.3, -0.25) is 4.98 Å². The number of tetrazole rings is 1. The Balaban J connectivity index is 1.85. The highest BCUT2D eigenvalue weighted by molar-refractivity contribution is 5.79. The number of phenols is 1. The van der Waals surface area contributed by atoms with Crippen LogP contribution >= 0.6 is 0 Å². The van der Waals surface area contributed by atoms with E-state index in [1.807, 2.05) is 7.05 Å². The highest BCUT2D eigenvalue weighted by Gasteiger charge is 2.17. The van der Waals surface area contributed by atoms with Crippen LogP contribution in [0.5, 0.6) is 5.75 Å². The zero-order chi connectivity index (χ0) is 17.4. The van der Waals surface area contributed by atoms with Gasteiger partial charge in [0.1, 0.15) is 5.69 Å². The zero-order valence-corrected chi connectivity index (χ0v) is 13.0. The van der Waals surface area contributed by atoms with Gasteiger partial charge in [-0.1, -0.05) is 0 Å². The molecule has 0 saturated heterocycles. The number of aromatic nitrogens is 7. The van der Waals surface area contributed by atoms with Gasteiger partial charge in [0.15, 0.2) is 11.6 Å². The third-order valence-electron chi connectivity index (χ3n) is 3.76. The number of hydrogen-bond acceptors (Lipinski definition) is 6. The van der Waals surface area contributed by atoms with E-state index in [0.29, 0.717) is 28.5 Å². The fourth-order valence-electron chi connectivity index (χ4n) is 2.60. The maximum absolute atomic E-state index is 13.4. The minimum atomic E-state index is -0.676. The molecule has 0 aliphatic heterocycles. The van der Waals surface area contributed by atoms with Gasteiger partial charge in [0.05, 0.1) is 17.7 Å². The molecule has 0 aliphatic carbocycles. The minimum absolute atomic E-state index is 0.418. The zero-order valence-electron chi connectivity index (χ0n) is 13.0. The van der Waals surface area contributed by atoms with Crippen molar-refractivity contribution in [3.8, 4) is 39.8 Å². The number of imidazole rings is 1. The Labute approximate surface area is 141 Å². The molecular weight excluding hydrogens is 325 g/mol. The van der Waals surface area contributed by atoms with Crippen molar-refractivity contribution in [2.24, 2.45) is 7.05 Å². The number of nitrogens with one attached hydrogen (secondary N) is 1. The van der Waals surface area contributed by atoms with Crippen molar-refractivity contribution in [2.45, 2.75) is 0 Å². The molecule has 4 aromatic rings. The highest BCUT2D eigenvalue weighted by atomic mass is 19.1. The maximum Gasteiger partial charge on any atom is 0.204 e. The van der Waals surface area contributed by atoms with Crippen LogP contribution in [0.15, 0.2) is 42.9 Å². The van der Waals surface area contributed by atoms with Gasteiger partial charge in [0.25, 0.3) is 0 Å². The van der Waals surface area contributed by atoms with Gasteiger partial charge >= 0.3 is 0 Å². The number of halogens is 1. The Morgan fingerprint density at radius 2 is 2.00 bits per heavy atom. The second-order valence-electron chi connectivity index (χ2n) is 5.38. The van der Waals surface area contributed by atoms with Crippen molar-refractivity contribution < 1.29 is 9.50 Å². The average Bonchev–Trinajstić information content (AvgIpc) is 3.27. The van der Waals surface area contributed by atoms with Crippen molar-refractivity contribution in [2.75, 3.05) is 0 Å². The maximum atomic E-state index is 13.4. The van der Waals surface area contributed by atoms with E-state index >= 15 is 0 Å². The van der Waals surface area contributed by atoms with Gasteiger partial charge in [0, 0.05) is 24.4 Å². The van der Waals surface area contributed by atoms with Crippen molar-refractivity contribution in [1.82, 2.24) is 35.2 Å². The van der Waals surface area contributed by atoms with E-state index in [-0.39, 0.29) is 0 Å². The molecule has 8 nitrogen and oxygen atoms in total. The second kappa shape index (κ2) is 5.78. The van der Waals surface area contributed by atoms with E-state index in [1.54, 1.807) is 35.3 Å². The molecule has 0 atom stereocenters. The highest BCUT2D eigenvalue weighted by Crippen LogP contribution is 2.33. The summed E-state index contributed by atoms with van der Waals surface area (Å²) in [7, 11) is 1.81. The summed E-state index contributed by atoms with van der Waals surface area (Å²) >= 11 is 0. The molecular formula is C16H12FN7O. The van der Waals surface area contributed by atoms with Gasteiger partial charge in [-0.15, -0.1) is 10.2 Å². The third-order valence-corrected chi connectivity index (χ3v) is 3.76. The fourth-order valence-corrected chi connectivity index (χ4v) is 2.60. The number of benzene rings is 1. The van der Waals surface area contributed by atoms with Gasteiger partial charge < -0.3 is 9.67 Å². The molecule has 25 heavy (non-hydrogen) atoms. The van der Waals surface area contributed by atoms with E-state index in [1.165, 1.54) is 12.1 Å². The number of phenolic OH excluding ortho intramolecular Hbond substituents is 1. The Kier molecular flexibility index (Phi) is 3.46. The Morgan fingerprint density at radius 3 is 2.76 bits per heavy atom. The second-order valence-corrected chi connectivity index (χ2v) is 5.38. The van der Waals surface area contributed by atoms with Crippen LogP contribution in [0, 0.1) is 5.82 Å². The number of aromatic amines is 1. The first-order valence-corrected chi connectivity index (χ1v) is 7.34. The van der Waals surface area contributed by atoms with E-state index < -0.39 is 11.6 Å². The monoisotopic (exact) mass is 337 g/mol. The van der Waals surface area contributed by atoms with Crippen molar-refractivity contribution >= 4 is 0 Å². The van der Waals surface area contributed by atoms with E-state index in [0.717, 1.165) is 5.56 Å². The molecule has 0 aliphatic rings. The first-order valence-electron chi connectivity index (χ1n) is 7.34. The summed E-state index contributed by atoms with van der Waals surface area (Å²) in [5.74, 6) is -0.650. The normalized spacial score (nSPS) is 11.0. The third kappa shape index (κ3) is 2.61. The topological polar surface area (TPSA) is 105 Å². The van der Waals surface area contributed by atoms with Crippen LogP contribution in [-0.2, 0) is 7.05 Å². The number of aryl methyl sites for hydroxylation is 1. The van der Waals surface area contributed by atoms with Crippen LogP contribution in [0.4, 0.5) is 4.39 Å². The van der Waals surface area contributed by atoms with Crippen LogP contribution in [0.2, 0.25) is 0 Å². The van der Waals surface area contributed by atoms with Crippen LogP contribution in [0.25, 0.3) is 34.0 Å². The predicted octanol–water partition coefficient (Wildman–Crippen LogP) is 2.17. The number of nitrogens with zero attached hydrogens (tertiary/aromatic N) is 6. The summed E-state index contributed by atoms with van der Waals surface area (Å²) in [4.78, 5) is 8.76. The molecule has 0 spiro atoms. The summed E-state index contributed by atoms with van der Waals surface area (Å²) in [5, 5.41) is 23.5. The SMILES string of the molecule is Cn1cnc(-c2cc(-c3nn[nH]n3)ccn2)c1-c1ccc(F)c(O)c1. The summed E-state index contributed by atoms with van der Waals surface area (Å²) in [6.45, 7) is 0. The Bertz CT molecular complexity index is 1040. The molecule has 4 rings (SSSR count). The predicted molar refractivity (Wildman–Crippen MR) is 86.7 cm³/mol. The standard InChI is InChI=1S/C16H12FN7O/c1-24-8-19-14(15(24)9-2-3-11(17)13(25)7-9)12-6-10(4-5-18-12)16-20-22-23-21-16/h2-8,25H,1H3,(H,20,21,22,23). The molecule has 0 unspecified atom stereocenters. The molecule has 3 aromatic heterocycles. The number of hydrogen-bond donors (Lipinski definition) is 2. The van der Waals surface area contributed by atoms with E-state index in [4.69, 9.17) is 0 Å². The van der Waals surface area contributed by atoms with E-state index in [2.05, 4.69) is 30.6 Å². The molecule has 0 radical (unpaired) electrons. The molecule has 0 amide bonds. The number of aromatic hydroxyl groups is 1. The van der Waals surface area contributed by atoms with Crippen molar-refractivity contribution in [3.05, 3.63) is 48.7 Å². The summed E-state index contributed by atoms with van der Waals surface area (Å²) in [6.07, 6.45) is 3.26. The largest absolute Gasteiger partial charge is 0.505 e. The quantitative estimate of drug-likeness (QED) is 0.593. The summed E-state index contributed by atoms with van der Waals surface area (Å²) < 4.78 is 15.1. The van der Waals surface area contributed by atoms with Crippen molar-refractivity contribution in [1.29, 1.82) is 0 Å².